The summed E-state index contributed by atoms with van der Waals surface area (Å²) < 4.78 is 15.4. The summed E-state index contributed by atoms with van der Waals surface area (Å²) in [6, 6.07) is 15.3. The summed E-state index contributed by atoms with van der Waals surface area (Å²) >= 11 is 0. The SMILES string of the molecule is Cc1cc(F)ccc1-c1nc(NC(C)(C)CO)nc2c1ccc(=O)n2-c1ccccc1C. The van der Waals surface area contributed by atoms with Gasteiger partial charge in [0.25, 0.3) is 5.56 Å². The molecule has 0 amide bonds. The number of benzene rings is 2. The molecule has 0 aliphatic heterocycles. The van der Waals surface area contributed by atoms with Crippen molar-refractivity contribution in [2.24, 2.45) is 0 Å². The summed E-state index contributed by atoms with van der Waals surface area (Å²) in [5.74, 6) is -0.0654. The van der Waals surface area contributed by atoms with Crippen LogP contribution in [-0.4, -0.2) is 31.8 Å². The third-order valence-corrected chi connectivity index (χ3v) is 5.40. The largest absolute Gasteiger partial charge is 0.394 e. The number of para-hydroxylation sites is 1. The second-order valence-corrected chi connectivity index (χ2v) is 8.55. The topological polar surface area (TPSA) is 80.0 Å². The highest BCUT2D eigenvalue weighted by atomic mass is 19.1. The van der Waals surface area contributed by atoms with Gasteiger partial charge >= 0.3 is 0 Å². The van der Waals surface area contributed by atoms with Gasteiger partial charge in [-0.2, -0.15) is 4.98 Å². The molecule has 2 aromatic carbocycles. The monoisotopic (exact) mass is 432 g/mol. The van der Waals surface area contributed by atoms with E-state index in [1.807, 2.05) is 52.0 Å². The molecule has 4 aromatic rings. The molecule has 0 atom stereocenters. The summed E-state index contributed by atoms with van der Waals surface area (Å²) in [6.07, 6.45) is 0. The van der Waals surface area contributed by atoms with Crippen molar-refractivity contribution in [3.63, 3.8) is 0 Å². The molecule has 0 fully saturated rings. The van der Waals surface area contributed by atoms with E-state index >= 15 is 0 Å². The number of nitrogens with one attached hydrogen (secondary N) is 1. The Balaban J connectivity index is 2.10. The van der Waals surface area contributed by atoms with Crippen molar-refractivity contribution in [1.82, 2.24) is 14.5 Å². The number of aryl methyl sites for hydroxylation is 2. The van der Waals surface area contributed by atoms with E-state index in [1.54, 1.807) is 16.7 Å². The van der Waals surface area contributed by atoms with Crippen molar-refractivity contribution in [3.8, 4) is 16.9 Å². The number of aliphatic hydroxyl groups is 1. The third kappa shape index (κ3) is 3.99. The zero-order chi connectivity index (χ0) is 23.0. The fourth-order valence-corrected chi connectivity index (χ4v) is 3.66. The molecule has 0 radical (unpaired) electrons. The lowest BCUT2D eigenvalue weighted by Crippen LogP contribution is -2.36. The molecule has 0 bridgehead atoms. The van der Waals surface area contributed by atoms with Gasteiger partial charge in [-0.15, -0.1) is 0 Å². The van der Waals surface area contributed by atoms with Crippen molar-refractivity contribution in [1.29, 1.82) is 0 Å². The number of pyridine rings is 1. The lowest BCUT2D eigenvalue weighted by molar-refractivity contribution is 0.233. The lowest BCUT2D eigenvalue weighted by Gasteiger charge is -2.24. The first kappa shape index (κ1) is 21.6. The van der Waals surface area contributed by atoms with Gasteiger partial charge in [-0.25, -0.2) is 9.37 Å². The van der Waals surface area contributed by atoms with E-state index in [9.17, 15) is 14.3 Å². The number of halogens is 1. The van der Waals surface area contributed by atoms with Crippen molar-refractivity contribution in [2.75, 3.05) is 11.9 Å². The predicted octanol–water partition coefficient (Wildman–Crippen LogP) is 4.39. The van der Waals surface area contributed by atoms with Crippen LogP contribution in [0.3, 0.4) is 0 Å². The summed E-state index contributed by atoms with van der Waals surface area (Å²) in [6.45, 7) is 7.25. The highest BCUT2D eigenvalue weighted by Gasteiger charge is 2.21. The van der Waals surface area contributed by atoms with Crippen molar-refractivity contribution in [2.45, 2.75) is 33.2 Å². The lowest BCUT2D eigenvalue weighted by atomic mass is 10.0. The molecule has 0 aliphatic rings. The third-order valence-electron chi connectivity index (χ3n) is 5.40. The Labute approximate surface area is 185 Å². The number of aromatic nitrogens is 3. The fourth-order valence-electron chi connectivity index (χ4n) is 3.66. The minimum atomic E-state index is -0.689. The van der Waals surface area contributed by atoms with Gasteiger partial charge in [0.2, 0.25) is 5.95 Å². The van der Waals surface area contributed by atoms with Gasteiger partial charge in [0, 0.05) is 17.0 Å². The van der Waals surface area contributed by atoms with Gasteiger partial charge in [-0.05, 0) is 69.2 Å². The van der Waals surface area contributed by atoms with Gasteiger partial charge in [-0.1, -0.05) is 18.2 Å². The zero-order valence-electron chi connectivity index (χ0n) is 18.5. The molecule has 32 heavy (non-hydrogen) atoms. The smallest absolute Gasteiger partial charge is 0.256 e. The van der Waals surface area contributed by atoms with Crippen LogP contribution >= 0.6 is 0 Å². The molecule has 164 valence electrons. The maximum atomic E-state index is 13.8. The van der Waals surface area contributed by atoms with Gasteiger partial charge in [0.05, 0.1) is 23.5 Å². The van der Waals surface area contributed by atoms with Crippen LogP contribution in [0.5, 0.6) is 0 Å². The number of rotatable bonds is 5. The minimum absolute atomic E-state index is 0.140. The van der Waals surface area contributed by atoms with E-state index < -0.39 is 5.54 Å². The number of hydrogen-bond donors (Lipinski definition) is 2. The van der Waals surface area contributed by atoms with Crippen LogP contribution in [0.1, 0.15) is 25.0 Å². The van der Waals surface area contributed by atoms with E-state index in [1.165, 1.54) is 18.2 Å². The van der Waals surface area contributed by atoms with Crippen molar-refractivity contribution in [3.05, 3.63) is 81.9 Å². The van der Waals surface area contributed by atoms with Gasteiger partial charge in [0.1, 0.15) is 5.82 Å². The number of anilines is 1. The van der Waals surface area contributed by atoms with Crippen LogP contribution in [0, 0.1) is 19.7 Å². The molecule has 2 heterocycles. The van der Waals surface area contributed by atoms with E-state index in [2.05, 4.69) is 10.3 Å². The molecule has 0 saturated heterocycles. The Bertz CT molecular complexity index is 1380. The normalized spacial score (nSPS) is 11.7. The molecular formula is C25H25FN4O2. The van der Waals surface area contributed by atoms with E-state index in [4.69, 9.17) is 4.98 Å². The first-order valence-corrected chi connectivity index (χ1v) is 10.4. The van der Waals surface area contributed by atoms with Crippen LogP contribution in [0.2, 0.25) is 0 Å². The van der Waals surface area contributed by atoms with E-state index in [0.29, 0.717) is 22.3 Å². The Hall–Kier alpha value is -3.58. The summed E-state index contributed by atoms with van der Waals surface area (Å²) in [5, 5.41) is 13.5. The predicted molar refractivity (Wildman–Crippen MR) is 125 cm³/mol. The number of fused-ring (bicyclic) bond motifs is 1. The van der Waals surface area contributed by atoms with Gasteiger partial charge < -0.3 is 10.4 Å². The Morgan fingerprint density at radius 3 is 2.47 bits per heavy atom. The van der Waals surface area contributed by atoms with Crippen LogP contribution in [0.4, 0.5) is 10.3 Å². The average molecular weight is 432 g/mol. The molecule has 4 rings (SSSR count). The number of hydrogen-bond acceptors (Lipinski definition) is 5. The molecule has 2 aromatic heterocycles. The molecule has 0 saturated carbocycles. The molecule has 7 heteroatoms. The maximum Gasteiger partial charge on any atom is 0.256 e. The highest BCUT2D eigenvalue weighted by Crippen LogP contribution is 2.31. The van der Waals surface area contributed by atoms with Gasteiger partial charge in [-0.3, -0.25) is 9.36 Å². The van der Waals surface area contributed by atoms with Crippen molar-refractivity contribution < 1.29 is 9.50 Å². The van der Waals surface area contributed by atoms with Crippen LogP contribution in [-0.2, 0) is 0 Å². The quantitative estimate of drug-likeness (QED) is 0.489. The Kier molecular flexibility index (Phi) is 5.52. The van der Waals surface area contributed by atoms with E-state index in [-0.39, 0.29) is 23.9 Å². The maximum absolute atomic E-state index is 13.8. The zero-order valence-corrected chi connectivity index (χ0v) is 18.5. The standard InChI is InChI=1S/C25H25FN4O2/c1-15-7-5-6-8-20(15)30-21(32)12-11-19-22(18-10-9-17(26)13-16(18)2)27-24(28-23(19)30)29-25(3,4)14-31/h5-13,31H,14H2,1-4H3,(H,27,28,29). The summed E-state index contributed by atoms with van der Waals surface area (Å²) in [5.41, 5.74) is 3.18. The summed E-state index contributed by atoms with van der Waals surface area (Å²) in [4.78, 5) is 22.4. The van der Waals surface area contributed by atoms with Crippen LogP contribution in [0.25, 0.3) is 28.0 Å². The average Bonchev–Trinajstić information content (AvgIpc) is 2.74. The van der Waals surface area contributed by atoms with Crippen molar-refractivity contribution >= 4 is 17.0 Å². The first-order valence-electron chi connectivity index (χ1n) is 10.4. The molecule has 0 spiro atoms. The molecule has 0 unspecified atom stereocenters. The van der Waals surface area contributed by atoms with Gasteiger partial charge in [0.15, 0.2) is 5.65 Å². The Morgan fingerprint density at radius 2 is 1.78 bits per heavy atom. The first-order chi connectivity index (χ1) is 15.2. The van der Waals surface area contributed by atoms with E-state index in [0.717, 1.165) is 16.8 Å². The minimum Gasteiger partial charge on any atom is -0.394 e. The van der Waals surface area contributed by atoms with Crippen LogP contribution < -0.4 is 10.9 Å². The Morgan fingerprint density at radius 1 is 1.03 bits per heavy atom. The molecule has 0 aliphatic carbocycles. The number of aliphatic hydroxyl groups excluding tert-OH is 1. The number of nitrogens with zero attached hydrogens (tertiary/aromatic N) is 3. The second kappa shape index (κ2) is 8.16. The van der Waals surface area contributed by atoms with Crippen LogP contribution in [0.15, 0.2) is 59.4 Å². The second-order valence-electron chi connectivity index (χ2n) is 8.55. The highest BCUT2D eigenvalue weighted by molar-refractivity contribution is 5.93. The fraction of sp³-hybridized carbons (Fsp3) is 0.240. The molecular weight excluding hydrogens is 407 g/mol. The summed E-state index contributed by atoms with van der Waals surface area (Å²) in [7, 11) is 0. The molecule has 2 N–H and O–H groups in total. The molecule has 6 nitrogen and oxygen atoms in total.